The second-order valence-electron chi connectivity index (χ2n) is 3.61. The summed E-state index contributed by atoms with van der Waals surface area (Å²) in [6.45, 7) is 0. The van der Waals surface area contributed by atoms with E-state index in [0.29, 0.717) is 12.8 Å². The maximum absolute atomic E-state index is 11.4. The molecule has 2 rings (SSSR count). The van der Waals surface area contributed by atoms with Crippen LogP contribution in [0.2, 0.25) is 0 Å². The quantitative estimate of drug-likeness (QED) is 0.627. The van der Waals surface area contributed by atoms with Crippen molar-refractivity contribution in [2.75, 3.05) is 0 Å². The minimum atomic E-state index is -0.417. The van der Waals surface area contributed by atoms with Gasteiger partial charge in [-0.3, -0.25) is 14.3 Å². The molecule has 0 unspecified atom stereocenters. The summed E-state index contributed by atoms with van der Waals surface area (Å²) in [5, 5.41) is 9.26. The highest BCUT2D eigenvalue weighted by Crippen LogP contribution is 2.20. The van der Waals surface area contributed by atoms with E-state index < -0.39 is 17.4 Å². The lowest BCUT2D eigenvalue weighted by Crippen LogP contribution is -2.32. The van der Waals surface area contributed by atoms with Crippen molar-refractivity contribution in [1.29, 1.82) is 0 Å². The zero-order chi connectivity index (χ0) is 10.8. The van der Waals surface area contributed by atoms with Crippen LogP contribution in [-0.2, 0) is 0 Å². The monoisotopic (exact) mass is 208 g/mol. The molecule has 0 bridgehead atoms. The lowest BCUT2D eigenvalue weighted by Gasteiger charge is -2.21. The molecule has 1 heterocycles. The van der Waals surface area contributed by atoms with Gasteiger partial charge in [-0.25, -0.2) is 4.79 Å². The number of rotatable bonds is 1. The Bertz CT molecular complexity index is 486. The maximum Gasteiger partial charge on any atom is 0.328 e. The average Bonchev–Trinajstić information content (AvgIpc) is 2.20. The highest BCUT2D eigenvalue weighted by Gasteiger charge is 2.15. The minimum Gasteiger partial charge on any atom is -0.389 e. The third kappa shape index (κ3) is 2.07. The minimum absolute atomic E-state index is 0.0715. The molecule has 0 aliphatic heterocycles. The Kier molecular flexibility index (Phi) is 2.55. The first-order chi connectivity index (χ1) is 7.16. The zero-order valence-corrected chi connectivity index (χ0v) is 8.09. The van der Waals surface area contributed by atoms with Gasteiger partial charge in [0, 0.05) is 12.3 Å². The first-order valence-corrected chi connectivity index (χ1v) is 4.84. The van der Waals surface area contributed by atoms with Crippen LogP contribution < -0.4 is 11.2 Å². The van der Waals surface area contributed by atoms with Crippen LogP contribution in [0.25, 0.3) is 0 Å². The zero-order valence-electron chi connectivity index (χ0n) is 8.09. The lowest BCUT2D eigenvalue weighted by molar-refractivity contribution is 0.194. The van der Waals surface area contributed by atoms with Gasteiger partial charge in [-0.05, 0) is 12.8 Å². The Morgan fingerprint density at radius 3 is 2.73 bits per heavy atom. The van der Waals surface area contributed by atoms with Crippen LogP contribution in [0.1, 0.15) is 18.9 Å². The Morgan fingerprint density at radius 1 is 1.33 bits per heavy atom. The molecule has 0 spiro atoms. The van der Waals surface area contributed by atoms with Gasteiger partial charge in [-0.15, -0.1) is 0 Å². The number of allylic oxidation sites excluding steroid dienone is 1. The third-order valence-corrected chi connectivity index (χ3v) is 2.52. The van der Waals surface area contributed by atoms with Gasteiger partial charge in [-0.1, -0.05) is 12.2 Å². The van der Waals surface area contributed by atoms with Crippen molar-refractivity contribution < 1.29 is 5.11 Å². The van der Waals surface area contributed by atoms with Crippen molar-refractivity contribution in [3.8, 4) is 0 Å². The molecule has 0 saturated heterocycles. The van der Waals surface area contributed by atoms with Gasteiger partial charge >= 0.3 is 5.69 Å². The largest absolute Gasteiger partial charge is 0.389 e. The average molecular weight is 208 g/mol. The fraction of sp³-hybridized carbons (Fsp3) is 0.400. The molecule has 0 amide bonds. The van der Waals surface area contributed by atoms with Crippen LogP contribution in [0, 0.1) is 0 Å². The Balaban J connectivity index is 2.35. The third-order valence-electron chi connectivity index (χ3n) is 2.52. The predicted octanol–water partition coefficient (Wildman–Crippen LogP) is -0.211. The summed E-state index contributed by atoms with van der Waals surface area (Å²) in [6.07, 6.45) is 5.85. The molecule has 5 heteroatoms. The van der Waals surface area contributed by atoms with Crippen molar-refractivity contribution in [2.24, 2.45) is 0 Å². The molecule has 1 aliphatic carbocycles. The summed E-state index contributed by atoms with van der Waals surface area (Å²) < 4.78 is 1.46. The van der Waals surface area contributed by atoms with Crippen LogP contribution >= 0.6 is 0 Å². The summed E-state index contributed by atoms with van der Waals surface area (Å²) in [6, 6.07) is 1.25. The van der Waals surface area contributed by atoms with E-state index in [1.165, 1.54) is 16.8 Å². The Hall–Kier alpha value is -1.62. The number of aliphatic hydroxyl groups excluding tert-OH is 1. The first kappa shape index (κ1) is 9.92. The number of aromatic nitrogens is 2. The molecular weight excluding hydrogens is 196 g/mol. The molecule has 15 heavy (non-hydrogen) atoms. The summed E-state index contributed by atoms with van der Waals surface area (Å²) in [4.78, 5) is 24.5. The van der Waals surface area contributed by atoms with E-state index in [4.69, 9.17) is 0 Å². The predicted molar refractivity (Wildman–Crippen MR) is 54.7 cm³/mol. The fourth-order valence-corrected chi connectivity index (χ4v) is 1.71. The molecular formula is C10H12N2O3. The number of nitrogens with zero attached hydrogens (tertiary/aromatic N) is 1. The molecule has 1 aliphatic rings. The van der Waals surface area contributed by atoms with Gasteiger partial charge in [0.1, 0.15) is 0 Å². The van der Waals surface area contributed by atoms with Crippen molar-refractivity contribution >= 4 is 0 Å². The molecule has 0 radical (unpaired) electrons. The topological polar surface area (TPSA) is 75.1 Å². The van der Waals surface area contributed by atoms with Crippen molar-refractivity contribution in [3.05, 3.63) is 45.3 Å². The van der Waals surface area contributed by atoms with E-state index in [1.54, 1.807) is 12.2 Å². The van der Waals surface area contributed by atoms with Gasteiger partial charge in [0.05, 0.1) is 12.1 Å². The Labute approximate surface area is 85.7 Å². The van der Waals surface area contributed by atoms with E-state index in [2.05, 4.69) is 4.98 Å². The summed E-state index contributed by atoms with van der Waals surface area (Å²) in [7, 11) is 0. The molecule has 80 valence electrons. The lowest BCUT2D eigenvalue weighted by atomic mass is 10.0. The molecule has 0 aromatic carbocycles. The van der Waals surface area contributed by atoms with E-state index in [0.717, 1.165) is 0 Å². The van der Waals surface area contributed by atoms with Crippen LogP contribution in [0.5, 0.6) is 0 Å². The summed E-state index contributed by atoms with van der Waals surface area (Å²) in [5.74, 6) is 0. The first-order valence-electron chi connectivity index (χ1n) is 4.84. The Morgan fingerprint density at radius 2 is 2.13 bits per heavy atom. The number of hydrogen-bond donors (Lipinski definition) is 2. The van der Waals surface area contributed by atoms with Crippen LogP contribution in [0.3, 0.4) is 0 Å². The van der Waals surface area contributed by atoms with Gasteiger partial charge < -0.3 is 5.11 Å². The molecule has 1 aromatic rings. The van der Waals surface area contributed by atoms with Crippen molar-refractivity contribution in [2.45, 2.75) is 25.0 Å². The molecule has 0 saturated carbocycles. The second kappa shape index (κ2) is 3.86. The van der Waals surface area contributed by atoms with Gasteiger partial charge in [0.15, 0.2) is 0 Å². The molecule has 0 fully saturated rings. The molecule has 1 aromatic heterocycles. The van der Waals surface area contributed by atoms with Crippen molar-refractivity contribution in [3.63, 3.8) is 0 Å². The second-order valence-corrected chi connectivity index (χ2v) is 3.61. The van der Waals surface area contributed by atoms with E-state index >= 15 is 0 Å². The standard InChI is InChI=1S/C10H12N2O3/c13-8-3-1-7(2-4-8)12-6-5-9(14)11-10(12)15/h1,3,5-8,13H,2,4H2,(H,11,14,15)/t7-,8+/m0/s1. The van der Waals surface area contributed by atoms with Gasteiger partial charge in [0.2, 0.25) is 0 Å². The molecule has 2 N–H and O–H groups in total. The number of aliphatic hydroxyl groups is 1. The number of hydrogen-bond acceptors (Lipinski definition) is 3. The summed E-state index contributed by atoms with van der Waals surface area (Å²) in [5.41, 5.74) is -0.801. The molecule has 2 atom stereocenters. The van der Waals surface area contributed by atoms with Gasteiger partial charge in [0.25, 0.3) is 5.56 Å². The smallest absolute Gasteiger partial charge is 0.328 e. The fourth-order valence-electron chi connectivity index (χ4n) is 1.71. The van der Waals surface area contributed by atoms with Gasteiger partial charge in [-0.2, -0.15) is 0 Å². The molecule has 5 nitrogen and oxygen atoms in total. The van der Waals surface area contributed by atoms with E-state index in [9.17, 15) is 14.7 Å². The normalized spacial score (nSPS) is 25.4. The SMILES string of the molecule is O=c1ccn([C@H]2C=C[C@@H](O)CC2)c(=O)[nH]1. The van der Waals surface area contributed by atoms with Crippen molar-refractivity contribution in [1.82, 2.24) is 9.55 Å². The van der Waals surface area contributed by atoms with Crippen LogP contribution in [0.4, 0.5) is 0 Å². The highest BCUT2D eigenvalue weighted by molar-refractivity contribution is 5.02. The van der Waals surface area contributed by atoms with E-state index in [1.807, 2.05) is 0 Å². The summed E-state index contributed by atoms with van der Waals surface area (Å²) >= 11 is 0. The van der Waals surface area contributed by atoms with Crippen LogP contribution in [0.15, 0.2) is 34.0 Å². The van der Waals surface area contributed by atoms with Crippen LogP contribution in [-0.4, -0.2) is 20.8 Å². The number of aromatic amines is 1. The number of H-pyrrole nitrogens is 1. The van der Waals surface area contributed by atoms with E-state index in [-0.39, 0.29) is 6.04 Å². The number of nitrogens with one attached hydrogen (secondary N) is 1. The maximum atomic E-state index is 11.4. The highest BCUT2D eigenvalue weighted by atomic mass is 16.3.